The number of carbonyl (C=O) groups is 1. The van der Waals surface area contributed by atoms with Gasteiger partial charge in [0.25, 0.3) is 0 Å². The van der Waals surface area contributed by atoms with E-state index in [1.54, 1.807) is 0 Å². The molecule has 3 rings (SSSR count). The van der Waals surface area contributed by atoms with Crippen LogP contribution in [-0.2, 0) is 16.9 Å². The molecule has 1 N–H and O–H groups in total. The summed E-state index contributed by atoms with van der Waals surface area (Å²) in [7, 11) is 3.95. The third kappa shape index (κ3) is 4.60. The van der Waals surface area contributed by atoms with Crippen molar-refractivity contribution >= 4 is 5.91 Å². The maximum Gasteiger partial charge on any atom is 0.240 e. The summed E-state index contributed by atoms with van der Waals surface area (Å²) in [5.74, 6) is 2.70. The summed E-state index contributed by atoms with van der Waals surface area (Å²) in [6.07, 6.45) is 9.55. The van der Waals surface area contributed by atoms with Crippen molar-refractivity contribution in [3.8, 4) is 0 Å². The van der Waals surface area contributed by atoms with Gasteiger partial charge in [-0.2, -0.15) is 4.98 Å². The number of hydrogen-bond acceptors (Lipinski definition) is 5. The van der Waals surface area contributed by atoms with E-state index in [2.05, 4.69) is 22.4 Å². The predicted octanol–water partition coefficient (Wildman–Crippen LogP) is 3.23. The first kappa shape index (κ1) is 18.4. The first-order chi connectivity index (χ1) is 12.0. The van der Waals surface area contributed by atoms with Crippen molar-refractivity contribution in [2.45, 2.75) is 76.8 Å². The highest BCUT2D eigenvalue weighted by molar-refractivity contribution is 5.77. The molecule has 0 bridgehead atoms. The molecule has 2 atom stereocenters. The van der Waals surface area contributed by atoms with Gasteiger partial charge in [0.05, 0.1) is 6.54 Å². The molecular weight excluding hydrogens is 316 g/mol. The van der Waals surface area contributed by atoms with Crippen molar-refractivity contribution < 1.29 is 9.32 Å². The number of rotatable bonds is 6. The van der Waals surface area contributed by atoms with E-state index in [0.717, 1.165) is 31.6 Å². The van der Waals surface area contributed by atoms with Crippen LogP contribution in [0.3, 0.4) is 0 Å². The van der Waals surface area contributed by atoms with Crippen LogP contribution < -0.4 is 5.32 Å². The number of aromatic nitrogens is 2. The first-order valence-corrected chi connectivity index (χ1v) is 9.76. The fourth-order valence-electron chi connectivity index (χ4n) is 4.49. The second-order valence-electron chi connectivity index (χ2n) is 8.43. The highest BCUT2D eigenvalue weighted by atomic mass is 16.5. The quantitative estimate of drug-likeness (QED) is 0.854. The van der Waals surface area contributed by atoms with Gasteiger partial charge < -0.3 is 14.7 Å². The number of nitrogens with zero attached hydrogens (tertiary/aromatic N) is 3. The molecule has 140 valence electrons. The lowest BCUT2D eigenvalue weighted by Gasteiger charge is -2.30. The van der Waals surface area contributed by atoms with Crippen LogP contribution >= 0.6 is 0 Å². The zero-order valence-corrected chi connectivity index (χ0v) is 15.9. The molecule has 6 nitrogen and oxygen atoms in total. The summed E-state index contributed by atoms with van der Waals surface area (Å²) in [5, 5.41) is 7.51. The van der Waals surface area contributed by atoms with Crippen molar-refractivity contribution in [2.24, 2.45) is 11.8 Å². The lowest BCUT2D eigenvalue weighted by molar-refractivity contribution is -0.124. The molecule has 1 heterocycles. The predicted molar refractivity (Wildman–Crippen MR) is 95.7 cm³/mol. The van der Waals surface area contributed by atoms with E-state index in [1.165, 1.54) is 25.7 Å². The summed E-state index contributed by atoms with van der Waals surface area (Å²) in [5.41, 5.74) is -0.425. The Balaban J connectivity index is 1.65. The molecule has 1 amide bonds. The van der Waals surface area contributed by atoms with Crippen LogP contribution in [0.5, 0.6) is 0 Å². The maximum absolute atomic E-state index is 12.7. The van der Waals surface area contributed by atoms with Crippen LogP contribution in [0.4, 0.5) is 0 Å². The van der Waals surface area contributed by atoms with Gasteiger partial charge in [-0.3, -0.25) is 4.79 Å². The molecule has 0 saturated heterocycles. The van der Waals surface area contributed by atoms with Crippen molar-refractivity contribution in [1.82, 2.24) is 20.4 Å². The topological polar surface area (TPSA) is 71.3 Å². The minimum atomic E-state index is -0.425. The molecule has 2 aliphatic carbocycles. The summed E-state index contributed by atoms with van der Waals surface area (Å²) in [6.45, 7) is 2.92. The van der Waals surface area contributed by atoms with Gasteiger partial charge in [-0.05, 0) is 51.6 Å². The molecule has 0 radical (unpaired) electrons. The van der Waals surface area contributed by atoms with E-state index in [4.69, 9.17) is 4.52 Å². The standard InChI is InChI=1S/C19H32N4O2/c1-14-7-6-8-15(11-14)12-16(24)21-19(9-4-5-10-19)18-20-17(25-22-18)13-23(2)3/h14-15H,4-13H2,1-3H3,(H,21,24). The first-order valence-electron chi connectivity index (χ1n) is 9.76. The normalized spacial score (nSPS) is 26.1. The zero-order valence-electron chi connectivity index (χ0n) is 15.9. The Bertz CT molecular complexity index is 578. The van der Waals surface area contributed by atoms with E-state index in [-0.39, 0.29) is 5.91 Å². The van der Waals surface area contributed by atoms with Gasteiger partial charge >= 0.3 is 0 Å². The summed E-state index contributed by atoms with van der Waals surface area (Å²) >= 11 is 0. The number of amides is 1. The molecule has 6 heteroatoms. The Morgan fingerprint density at radius 1 is 1.28 bits per heavy atom. The van der Waals surface area contributed by atoms with Gasteiger partial charge in [0.15, 0.2) is 5.82 Å². The smallest absolute Gasteiger partial charge is 0.240 e. The van der Waals surface area contributed by atoms with Crippen LogP contribution in [0.1, 0.15) is 76.4 Å². The Kier molecular flexibility index (Phi) is 5.77. The molecular formula is C19H32N4O2. The zero-order chi connectivity index (χ0) is 17.9. The minimum Gasteiger partial charge on any atom is -0.343 e. The highest BCUT2D eigenvalue weighted by Crippen LogP contribution is 2.38. The van der Waals surface area contributed by atoms with Crippen LogP contribution in [-0.4, -0.2) is 35.0 Å². The van der Waals surface area contributed by atoms with E-state index >= 15 is 0 Å². The van der Waals surface area contributed by atoms with Gasteiger partial charge in [0.1, 0.15) is 5.54 Å². The molecule has 2 fully saturated rings. The van der Waals surface area contributed by atoms with Gasteiger partial charge in [-0.25, -0.2) is 0 Å². The van der Waals surface area contributed by atoms with Crippen LogP contribution in [0.25, 0.3) is 0 Å². The molecule has 2 aliphatic rings. The molecule has 1 aromatic rings. The van der Waals surface area contributed by atoms with E-state index in [1.807, 2.05) is 19.0 Å². The highest BCUT2D eigenvalue weighted by Gasteiger charge is 2.41. The Morgan fingerprint density at radius 3 is 2.72 bits per heavy atom. The van der Waals surface area contributed by atoms with E-state index in [0.29, 0.717) is 30.6 Å². The number of nitrogens with one attached hydrogen (secondary N) is 1. The van der Waals surface area contributed by atoms with Crippen molar-refractivity contribution in [1.29, 1.82) is 0 Å². The molecule has 0 aromatic carbocycles. The molecule has 25 heavy (non-hydrogen) atoms. The Morgan fingerprint density at radius 2 is 2.04 bits per heavy atom. The Hall–Kier alpha value is -1.43. The lowest BCUT2D eigenvalue weighted by atomic mass is 9.80. The monoisotopic (exact) mass is 348 g/mol. The van der Waals surface area contributed by atoms with Crippen molar-refractivity contribution in [2.75, 3.05) is 14.1 Å². The van der Waals surface area contributed by atoms with Gasteiger partial charge in [-0.1, -0.05) is 37.8 Å². The average Bonchev–Trinajstić information content (AvgIpc) is 3.17. The number of hydrogen-bond donors (Lipinski definition) is 1. The van der Waals surface area contributed by atoms with Gasteiger partial charge in [-0.15, -0.1) is 0 Å². The van der Waals surface area contributed by atoms with Gasteiger partial charge in [0, 0.05) is 6.42 Å². The molecule has 2 saturated carbocycles. The van der Waals surface area contributed by atoms with Gasteiger partial charge in [0.2, 0.25) is 11.8 Å². The fraction of sp³-hybridized carbons (Fsp3) is 0.842. The summed E-state index contributed by atoms with van der Waals surface area (Å²) < 4.78 is 5.40. The largest absolute Gasteiger partial charge is 0.343 e. The summed E-state index contributed by atoms with van der Waals surface area (Å²) in [6, 6.07) is 0. The second-order valence-corrected chi connectivity index (χ2v) is 8.43. The third-order valence-electron chi connectivity index (χ3n) is 5.70. The molecule has 1 aromatic heterocycles. The summed E-state index contributed by atoms with van der Waals surface area (Å²) in [4.78, 5) is 19.3. The van der Waals surface area contributed by atoms with E-state index in [9.17, 15) is 4.79 Å². The number of carbonyl (C=O) groups excluding carboxylic acids is 1. The molecule has 0 aliphatic heterocycles. The third-order valence-corrected chi connectivity index (χ3v) is 5.70. The lowest BCUT2D eigenvalue weighted by Crippen LogP contribution is -2.45. The van der Waals surface area contributed by atoms with Crippen LogP contribution in [0, 0.1) is 11.8 Å². The second kappa shape index (κ2) is 7.85. The SMILES string of the molecule is CC1CCCC(CC(=O)NC2(c3noc(CN(C)C)n3)CCCC2)C1. The minimum absolute atomic E-state index is 0.153. The van der Waals surface area contributed by atoms with Crippen molar-refractivity contribution in [3.05, 3.63) is 11.7 Å². The average molecular weight is 348 g/mol. The van der Waals surface area contributed by atoms with Crippen LogP contribution in [0.2, 0.25) is 0 Å². The van der Waals surface area contributed by atoms with Crippen LogP contribution in [0.15, 0.2) is 4.52 Å². The molecule has 0 spiro atoms. The maximum atomic E-state index is 12.7. The Labute approximate surface area is 150 Å². The fourth-order valence-corrected chi connectivity index (χ4v) is 4.49. The van der Waals surface area contributed by atoms with E-state index < -0.39 is 5.54 Å². The molecule has 2 unspecified atom stereocenters. The van der Waals surface area contributed by atoms with Crippen molar-refractivity contribution in [3.63, 3.8) is 0 Å².